The third-order valence-electron chi connectivity index (χ3n) is 3.75. The lowest BCUT2D eigenvalue weighted by atomic mass is 9.55. The Bertz CT molecular complexity index is 209. The Balaban J connectivity index is 2.15. The summed E-state index contributed by atoms with van der Waals surface area (Å²) in [6, 6.07) is 0.154. The molecule has 12 heavy (non-hydrogen) atoms. The summed E-state index contributed by atoms with van der Waals surface area (Å²) in [6.07, 6.45) is 5.08. The van der Waals surface area contributed by atoms with Crippen molar-refractivity contribution < 1.29 is 9.90 Å². The molecule has 0 amide bonds. The molecule has 2 atom stereocenters. The van der Waals surface area contributed by atoms with Crippen molar-refractivity contribution >= 4 is 5.97 Å². The fraction of sp³-hybridized carbons (Fsp3) is 0.889. The lowest BCUT2D eigenvalue weighted by Gasteiger charge is -2.50. The average Bonchev–Trinajstić information content (AvgIpc) is 2.49. The van der Waals surface area contributed by atoms with Gasteiger partial charge in [0.2, 0.25) is 0 Å². The SMILES string of the molecule is NC1CC(C(=O)O)C12CCCC2. The number of aliphatic carboxylic acids is 1. The van der Waals surface area contributed by atoms with Crippen LogP contribution in [0.4, 0.5) is 0 Å². The van der Waals surface area contributed by atoms with Gasteiger partial charge < -0.3 is 10.8 Å². The predicted molar refractivity (Wildman–Crippen MR) is 44.6 cm³/mol. The van der Waals surface area contributed by atoms with Gasteiger partial charge in [-0.2, -0.15) is 0 Å². The molecule has 0 aromatic rings. The minimum absolute atomic E-state index is 0.00810. The van der Waals surface area contributed by atoms with Crippen molar-refractivity contribution in [3.05, 3.63) is 0 Å². The van der Waals surface area contributed by atoms with E-state index >= 15 is 0 Å². The molecule has 0 radical (unpaired) electrons. The van der Waals surface area contributed by atoms with E-state index in [1.807, 2.05) is 0 Å². The predicted octanol–water partition coefficient (Wildman–Crippen LogP) is 0.979. The van der Waals surface area contributed by atoms with Crippen LogP contribution in [0, 0.1) is 11.3 Å². The maximum atomic E-state index is 10.8. The van der Waals surface area contributed by atoms with Crippen LogP contribution < -0.4 is 5.73 Å². The molecule has 0 aromatic carbocycles. The molecule has 2 fully saturated rings. The Morgan fingerprint density at radius 3 is 2.42 bits per heavy atom. The van der Waals surface area contributed by atoms with Crippen LogP contribution >= 0.6 is 0 Å². The maximum absolute atomic E-state index is 10.8. The summed E-state index contributed by atoms with van der Waals surface area (Å²) in [4.78, 5) is 10.8. The Labute approximate surface area is 71.9 Å². The van der Waals surface area contributed by atoms with Crippen molar-refractivity contribution in [1.29, 1.82) is 0 Å². The van der Waals surface area contributed by atoms with Gasteiger partial charge in [-0.25, -0.2) is 0 Å². The molecule has 2 rings (SSSR count). The number of hydrogen-bond donors (Lipinski definition) is 2. The van der Waals surface area contributed by atoms with Crippen molar-refractivity contribution in [2.75, 3.05) is 0 Å². The first-order valence-electron chi connectivity index (χ1n) is 4.65. The minimum atomic E-state index is -0.640. The number of nitrogens with two attached hydrogens (primary N) is 1. The van der Waals surface area contributed by atoms with E-state index in [0.29, 0.717) is 6.42 Å². The molecule has 3 N–H and O–H groups in total. The number of carbonyl (C=O) groups is 1. The number of hydrogen-bond acceptors (Lipinski definition) is 2. The molecular formula is C9H15NO2. The van der Waals surface area contributed by atoms with E-state index in [-0.39, 0.29) is 17.4 Å². The van der Waals surface area contributed by atoms with E-state index in [1.54, 1.807) is 0 Å². The molecule has 2 unspecified atom stereocenters. The third-order valence-corrected chi connectivity index (χ3v) is 3.75. The third kappa shape index (κ3) is 0.829. The van der Waals surface area contributed by atoms with Crippen LogP contribution in [0.2, 0.25) is 0 Å². The second kappa shape index (κ2) is 2.46. The highest BCUT2D eigenvalue weighted by Gasteiger charge is 2.57. The summed E-state index contributed by atoms with van der Waals surface area (Å²) in [5.41, 5.74) is 5.88. The Hall–Kier alpha value is -0.570. The normalized spacial score (nSPS) is 38.1. The van der Waals surface area contributed by atoms with Crippen LogP contribution in [-0.4, -0.2) is 17.1 Å². The highest BCUT2D eigenvalue weighted by atomic mass is 16.4. The van der Waals surface area contributed by atoms with E-state index < -0.39 is 5.97 Å². The van der Waals surface area contributed by atoms with E-state index in [1.165, 1.54) is 0 Å². The van der Waals surface area contributed by atoms with Crippen LogP contribution in [0.1, 0.15) is 32.1 Å². The minimum Gasteiger partial charge on any atom is -0.481 e. The van der Waals surface area contributed by atoms with Gasteiger partial charge >= 0.3 is 5.97 Å². The van der Waals surface area contributed by atoms with E-state index in [4.69, 9.17) is 10.8 Å². The van der Waals surface area contributed by atoms with Crippen molar-refractivity contribution in [3.63, 3.8) is 0 Å². The summed E-state index contributed by atoms with van der Waals surface area (Å²) in [5.74, 6) is -0.784. The Kier molecular flexibility index (Phi) is 1.65. The van der Waals surface area contributed by atoms with Gasteiger partial charge in [0.1, 0.15) is 0 Å². The first-order valence-corrected chi connectivity index (χ1v) is 4.65. The molecule has 0 bridgehead atoms. The summed E-state index contributed by atoms with van der Waals surface area (Å²) in [6.45, 7) is 0. The number of carboxylic acids is 1. The van der Waals surface area contributed by atoms with E-state index in [0.717, 1.165) is 25.7 Å². The van der Waals surface area contributed by atoms with Crippen LogP contribution in [-0.2, 0) is 4.79 Å². The maximum Gasteiger partial charge on any atom is 0.307 e. The Morgan fingerprint density at radius 1 is 1.42 bits per heavy atom. The monoisotopic (exact) mass is 169 g/mol. The highest BCUT2D eigenvalue weighted by Crippen LogP contribution is 2.56. The van der Waals surface area contributed by atoms with Crippen molar-refractivity contribution in [2.45, 2.75) is 38.1 Å². The molecule has 2 aliphatic carbocycles. The fourth-order valence-electron chi connectivity index (χ4n) is 2.92. The van der Waals surface area contributed by atoms with Gasteiger partial charge in [-0.15, -0.1) is 0 Å². The van der Waals surface area contributed by atoms with Gasteiger partial charge in [0, 0.05) is 6.04 Å². The Morgan fingerprint density at radius 2 is 2.00 bits per heavy atom. The van der Waals surface area contributed by atoms with Crippen molar-refractivity contribution in [1.82, 2.24) is 0 Å². The molecule has 0 aliphatic heterocycles. The first kappa shape index (κ1) is 8.05. The molecule has 3 nitrogen and oxygen atoms in total. The molecule has 0 saturated heterocycles. The van der Waals surface area contributed by atoms with Gasteiger partial charge in [0.15, 0.2) is 0 Å². The van der Waals surface area contributed by atoms with Crippen LogP contribution in [0.3, 0.4) is 0 Å². The van der Waals surface area contributed by atoms with Gasteiger partial charge in [-0.05, 0) is 24.7 Å². The van der Waals surface area contributed by atoms with Crippen molar-refractivity contribution in [3.8, 4) is 0 Å². The summed E-state index contributed by atoms with van der Waals surface area (Å²) in [7, 11) is 0. The number of carboxylic acid groups (broad SMARTS) is 1. The zero-order valence-electron chi connectivity index (χ0n) is 7.12. The molecule has 68 valence electrons. The zero-order chi connectivity index (χ0) is 8.77. The van der Waals surface area contributed by atoms with Gasteiger partial charge in [0.25, 0.3) is 0 Å². The van der Waals surface area contributed by atoms with Crippen LogP contribution in [0.25, 0.3) is 0 Å². The second-order valence-electron chi connectivity index (χ2n) is 4.17. The topological polar surface area (TPSA) is 63.3 Å². The number of rotatable bonds is 1. The smallest absolute Gasteiger partial charge is 0.307 e. The quantitative estimate of drug-likeness (QED) is 0.615. The largest absolute Gasteiger partial charge is 0.481 e. The molecule has 0 heterocycles. The summed E-state index contributed by atoms with van der Waals surface area (Å²) in [5, 5.41) is 8.92. The van der Waals surface area contributed by atoms with E-state index in [9.17, 15) is 4.79 Å². The van der Waals surface area contributed by atoms with Crippen LogP contribution in [0.15, 0.2) is 0 Å². The van der Waals surface area contributed by atoms with Gasteiger partial charge in [-0.3, -0.25) is 4.79 Å². The molecular weight excluding hydrogens is 154 g/mol. The molecule has 3 heteroatoms. The standard InChI is InChI=1S/C9H15NO2/c10-7-5-6(8(11)12)9(7)3-1-2-4-9/h6-7H,1-5,10H2,(H,11,12). The molecule has 2 saturated carbocycles. The lowest BCUT2D eigenvalue weighted by Crippen LogP contribution is -2.59. The highest BCUT2D eigenvalue weighted by molar-refractivity contribution is 5.73. The van der Waals surface area contributed by atoms with Gasteiger partial charge in [-0.1, -0.05) is 12.8 Å². The molecule has 1 spiro atoms. The van der Waals surface area contributed by atoms with Crippen molar-refractivity contribution in [2.24, 2.45) is 17.1 Å². The lowest BCUT2D eigenvalue weighted by molar-refractivity contribution is -0.156. The zero-order valence-corrected chi connectivity index (χ0v) is 7.12. The summed E-state index contributed by atoms with van der Waals surface area (Å²) < 4.78 is 0. The fourth-order valence-corrected chi connectivity index (χ4v) is 2.92. The average molecular weight is 169 g/mol. The van der Waals surface area contributed by atoms with E-state index in [2.05, 4.69) is 0 Å². The molecule has 0 aromatic heterocycles. The summed E-state index contributed by atoms with van der Waals surface area (Å²) >= 11 is 0. The van der Waals surface area contributed by atoms with Gasteiger partial charge in [0.05, 0.1) is 5.92 Å². The van der Waals surface area contributed by atoms with Crippen LogP contribution in [0.5, 0.6) is 0 Å². The second-order valence-corrected chi connectivity index (χ2v) is 4.17. The first-order chi connectivity index (χ1) is 5.67. The molecule has 2 aliphatic rings.